The molecule has 0 spiro atoms. The van der Waals surface area contributed by atoms with Crippen LogP contribution < -0.4 is 5.46 Å². The predicted molar refractivity (Wildman–Crippen MR) is 96.1 cm³/mol. The van der Waals surface area contributed by atoms with E-state index in [1.807, 2.05) is 11.8 Å². The molecule has 2 unspecified atom stereocenters. The van der Waals surface area contributed by atoms with E-state index in [1.165, 1.54) is 11.1 Å². The van der Waals surface area contributed by atoms with Crippen molar-refractivity contribution in [2.45, 2.75) is 71.6 Å². The lowest BCUT2D eigenvalue weighted by Gasteiger charge is -2.28. The fourth-order valence-corrected chi connectivity index (χ4v) is 3.92. The highest BCUT2D eigenvalue weighted by atomic mass is 16.6. The number of benzene rings is 1. The van der Waals surface area contributed by atoms with Crippen molar-refractivity contribution >= 4 is 18.5 Å². The fraction of sp³-hybridized carbons (Fsp3) is 0.632. The molecule has 2 bridgehead atoms. The van der Waals surface area contributed by atoms with Gasteiger partial charge in [0.15, 0.2) is 0 Å². The number of carbonyl (C=O) groups excluding carboxylic acids is 1. The highest BCUT2D eigenvalue weighted by Crippen LogP contribution is 2.52. The molecule has 1 saturated heterocycles. The molecule has 0 saturated carbocycles. The Balaban J connectivity index is 1.90. The van der Waals surface area contributed by atoms with Crippen LogP contribution in [-0.2, 0) is 14.1 Å². The van der Waals surface area contributed by atoms with Crippen molar-refractivity contribution in [1.29, 1.82) is 0 Å². The van der Waals surface area contributed by atoms with E-state index in [1.54, 1.807) is 6.92 Å². The van der Waals surface area contributed by atoms with Gasteiger partial charge < -0.3 is 14.2 Å². The second-order valence-corrected chi connectivity index (χ2v) is 7.44. The summed E-state index contributed by atoms with van der Waals surface area (Å²) in [7, 11) is -0.361. The van der Waals surface area contributed by atoms with Crippen LogP contribution in [0.3, 0.4) is 0 Å². The molecule has 0 aliphatic carbocycles. The maximum absolute atomic E-state index is 12.0. The maximum atomic E-state index is 12.0. The van der Waals surface area contributed by atoms with Crippen LogP contribution in [0.5, 0.6) is 0 Å². The number of fused-ring (bicyclic) bond motifs is 5. The molecule has 1 aromatic carbocycles. The molecule has 3 rings (SSSR count). The van der Waals surface area contributed by atoms with Crippen LogP contribution in [0.4, 0.5) is 0 Å². The third-order valence-electron chi connectivity index (χ3n) is 5.45. The van der Waals surface area contributed by atoms with Crippen LogP contribution >= 0.6 is 0 Å². The summed E-state index contributed by atoms with van der Waals surface area (Å²) in [5, 5.41) is 0. The molecule has 1 fully saturated rings. The van der Waals surface area contributed by atoms with E-state index in [9.17, 15) is 4.79 Å². The Morgan fingerprint density at radius 3 is 2.50 bits per heavy atom. The maximum Gasteiger partial charge on any atom is 0.494 e. The van der Waals surface area contributed by atoms with E-state index in [4.69, 9.17) is 9.31 Å². The summed E-state index contributed by atoms with van der Waals surface area (Å²) in [4.78, 5) is 14.0. The van der Waals surface area contributed by atoms with Gasteiger partial charge in [0.05, 0.1) is 12.1 Å². The SMILES string of the molecule is CCOB(OC(C)(C)CC)c1ccc2c(c1)C1CCC2N1C(C)=O. The first-order chi connectivity index (χ1) is 11.4. The number of hydrogen-bond acceptors (Lipinski definition) is 3. The van der Waals surface area contributed by atoms with Gasteiger partial charge in [0.2, 0.25) is 5.91 Å². The number of rotatable bonds is 6. The molecule has 1 amide bonds. The third-order valence-corrected chi connectivity index (χ3v) is 5.45. The molecule has 130 valence electrons. The molecular weight excluding hydrogens is 301 g/mol. The van der Waals surface area contributed by atoms with Gasteiger partial charge >= 0.3 is 7.12 Å². The van der Waals surface area contributed by atoms with Gasteiger partial charge in [-0.2, -0.15) is 0 Å². The minimum absolute atomic E-state index is 0.171. The lowest BCUT2D eigenvalue weighted by atomic mass is 9.75. The smallest absolute Gasteiger partial charge is 0.408 e. The van der Waals surface area contributed by atoms with Gasteiger partial charge in [-0.05, 0) is 56.6 Å². The van der Waals surface area contributed by atoms with Crippen LogP contribution in [0.15, 0.2) is 18.2 Å². The standard InChI is InChI=1S/C19H28BNO3/c1-6-19(4,5)24-20(23-7-2)14-8-9-15-16(12-14)18-11-10-17(15)21(18)13(3)22/h8-9,12,17-18H,6-7,10-11H2,1-5H3. The first-order valence-electron chi connectivity index (χ1n) is 9.10. The summed E-state index contributed by atoms with van der Waals surface area (Å²) >= 11 is 0. The molecular formula is C19H28BNO3. The van der Waals surface area contributed by atoms with Crippen LogP contribution in [0, 0.1) is 0 Å². The molecule has 2 aliphatic heterocycles. The van der Waals surface area contributed by atoms with Gasteiger partial charge in [0, 0.05) is 19.1 Å². The monoisotopic (exact) mass is 329 g/mol. The Labute approximate surface area is 145 Å². The Hall–Kier alpha value is -1.33. The Morgan fingerprint density at radius 2 is 1.92 bits per heavy atom. The van der Waals surface area contributed by atoms with Gasteiger partial charge in [0.25, 0.3) is 0 Å². The van der Waals surface area contributed by atoms with Crippen LogP contribution in [0.2, 0.25) is 0 Å². The number of hydrogen-bond donors (Lipinski definition) is 0. The third kappa shape index (κ3) is 3.00. The molecule has 5 heteroatoms. The molecule has 2 aliphatic rings. The van der Waals surface area contributed by atoms with Crippen molar-refractivity contribution < 1.29 is 14.1 Å². The van der Waals surface area contributed by atoms with E-state index >= 15 is 0 Å². The van der Waals surface area contributed by atoms with Crippen LogP contribution in [0.25, 0.3) is 0 Å². The van der Waals surface area contributed by atoms with Gasteiger partial charge in [-0.15, -0.1) is 0 Å². The van der Waals surface area contributed by atoms with E-state index < -0.39 is 0 Å². The molecule has 0 radical (unpaired) electrons. The van der Waals surface area contributed by atoms with Crippen LogP contribution in [-0.4, -0.2) is 30.1 Å². The summed E-state index contributed by atoms with van der Waals surface area (Å²) in [6, 6.07) is 6.95. The van der Waals surface area contributed by atoms with Gasteiger partial charge in [0.1, 0.15) is 0 Å². The van der Waals surface area contributed by atoms with Crippen molar-refractivity contribution in [2.75, 3.05) is 6.61 Å². The largest absolute Gasteiger partial charge is 0.494 e. The molecule has 2 heterocycles. The zero-order valence-electron chi connectivity index (χ0n) is 15.5. The summed E-state index contributed by atoms with van der Waals surface area (Å²) in [5.74, 6) is 0.171. The first-order valence-corrected chi connectivity index (χ1v) is 9.10. The van der Waals surface area contributed by atoms with Gasteiger partial charge in [-0.3, -0.25) is 4.79 Å². The van der Waals surface area contributed by atoms with Crippen molar-refractivity contribution in [2.24, 2.45) is 0 Å². The van der Waals surface area contributed by atoms with Crippen molar-refractivity contribution in [3.8, 4) is 0 Å². The quantitative estimate of drug-likeness (QED) is 0.751. The number of amides is 1. The Bertz CT molecular complexity index is 631. The predicted octanol–water partition coefficient (Wildman–Crippen LogP) is 3.36. The van der Waals surface area contributed by atoms with Crippen molar-refractivity contribution in [1.82, 2.24) is 4.90 Å². The lowest BCUT2D eigenvalue weighted by Crippen LogP contribution is -2.44. The lowest BCUT2D eigenvalue weighted by molar-refractivity contribution is -0.131. The average molecular weight is 329 g/mol. The minimum atomic E-state index is -0.361. The molecule has 4 nitrogen and oxygen atoms in total. The molecule has 2 atom stereocenters. The second-order valence-electron chi connectivity index (χ2n) is 7.44. The highest BCUT2D eigenvalue weighted by Gasteiger charge is 2.45. The highest BCUT2D eigenvalue weighted by molar-refractivity contribution is 6.61. The van der Waals surface area contributed by atoms with E-state index in [0.29, 0.717) is 6.61 Å². The average Bonchev–Trinajstić information content (AvgIpc) is 3.11. The van der Waals surface area contributed by atoms with Crippen LogP contribution in [0.1, 0.15) is 77.1 Å². The van der Waals surface area contributed by atoms with Crippen molar-refractivity contribution in [3.63, 3.8) is 0 Å². The molecule has 24 heavy (non-hydrogen) atoms. The first kappa shape index (κ1) is 17.5. The van der Waals surface area contributed by atoms with E-state index in [0.717, 1.165) is 24.7 Å². The topological polar surface area (TPSA) is 38.8 Å². The van der Waals surface area contributed by atoms with Gasteiger partial charge in [-0.1, -0.05) is 25.1 Å². The Morgan fingerprint density at radius 1 is 1.25 bits per heavy atom. The minimum Gasteiger partial charge on any atom is -0.408 e. The molecule has 0 N–H and O–H groups in total. The summed E-state index contributed by atoms with van der Waals surface area (Å²) in [5.41, 5.74) is 3.40. The number of carbonyl (C=O) groups is 1. The summed E-state index contributed by atoms with van der Waals surface area (Å²) in [6.45, 7) is 10.6. The number of nitrogens with zero attached hydrogens (tertiary/aromatic N) is 1. The molecule has 1 aromatic rings. The Kier molecular flexibility index (Phi) is 4.76. The van der Waals surface area contributed by atoms with E-state index in [2.05, 4.69) is 39.0 Å². The van der Waals surface area contributed by atoms with Crippen molar-refractivity contribution in [3.05, 3.63) is 29.3 Å². The normalized spacial score (nSPS) is 22.0. The zero-order valence-corrected chi connectivity index (χ0v) is 15.5. The summed E-state index contributed by atoms with van der Waals surface area (Å²) < 4.78 is 12.1. The molecule has 0 aromatic heterocycles. The fourth-order valence-electron chi connectivity index (χ4n) is 3.92. The van der Waals surface area contributed by atoms with Gasteiger partial charge in [-0.25, -0.2) is 0 Å². The zero-order chi connectivity index (χ0) is 17.5. The van der Waals surface area contributed by atoms with E-state index in [-0.39, 0.29) is 30.7 Å². The summed E-state index contributed by atoms with van der Waals surface area (Å²) in [6.07, 6.45) is 3.05. The second kappa shape index (κ2) is 6.53.